The molecule has 9 nitrogen and oxygen atoms in total. The van der Waals surface area contributed by atoms with Crippen LogP contribution in [0.4, 0.5) is 11.4 Å². The second kappa shape index (κ2) is 8.06. The van der Waals surface area contributed by atoms with Gasteiger partial charge in [-0.3, -0.25) is 19.3 Å². The van der Waals surface area contributed by atoms with Gasteiger partial charge in [-0.2, -0.15) is 0 Å². The predicted octanol–water partition coefficient (Wildman–Crippen LogP) is 1.80. The first-order valence-corrected chi connectivity index (χ1v) is 8.18. The van der Waals surface area contributed by atoms with E-state index in [2.05, 4.69) is 20.8 Å². The Labute approximate surface area is 149 Å². The van der Waals surface area contributed by atoms with Crippen LogP contribution in [0, 0.1) is 10.1 Å². The lowest BCUT2D eigenvalue weighted by Crippen LogP contribution is -2.27. The second-order valence-corrected chi connectivity index (χ2v) is 5.60. The maximum absolute atomic E-state index is 11.9. The van der Waals surface area contributed by atoms with Crippen molar-refractivity contribution in [3.8, 4) is 0 Å². The predicted molar refractivity (Wildman–Crippen MR) is 95.9 cm³/mol. The first-order chi connectivity index (χ1) is 12.6. The third-order valence-electron chi connectivity index (χ3n) is 3.82. The Morgan fingerprint density at radius 3 is 2.77 bits per heavy atom. The number of fused-ring (bicyclic) bond motifs is 1. The van der Waals surface area contributed by atoms with E-state index < -0.39 is 4.92 Å². The van der Waals surface area contributed by atoms with Gasteiger partial charge in [-0.15, -0.1) is 10.2 Å². The summed E-state index contributed by atoms with van der Waals surface area (Å²) in [6.45, 7) is 0.755. The Kier molecular flexibility index (Phi) is 5.37. The van der Waals surface area contributed by atoms with E-state index in [4.69, 9.17) is 0 Å². The van der Waals surface area contributed by atoms with Crippen molar-refractivity contribution in [3.63, 3.8) is 0 Å². The van der Waals surface area contributed by atoms with Crippen LogP contribution < -0.4 is 10.6 Å². The Balaban J connectivity index is 1.43. The minimum atomic E-state index is -0.453. The summed E-state index contributed by atoms with van der Waals surface area (Å²) < 4.78 is 1.88. The third kappa shape index (κ3) is 4.12. The van der Waals surface area contributed by atoms with Gasteiger partial charge in [0, 0.05) is 38.2 Å². The van der Waals surface area contributed by atoms with Crippen LogP contribution in [0.15, 0.2) is 48.7 Å². The van der Waals surface area contributed by atoms with E-state index in [0.717, 1.165) is 11.5 Å². The van der Waals surface area contributed by atoms with Gasteiger partial charge in [0.1, 0.15) is 11.5 Å². The van der Waals surface area contributed by atoms with E-state index in [1.807, 2.05) is 28.8 Å². The number of benzene rings is 1. The summed E-state index contributed by atoms with van der Waals surface area (Å²) >= 11 is 0. The quantitative estimate of drug-likeness (QED) is 0.471. The first-order valence-electron chi connectivity index (χ1n) is 8.18. The average molecular weight is 354 g/mol. The fourth-order valence-corrected chi connectivity index (χ4v) is 2.56. The van der Waals surface area contributed by atoms with Crippen LogP contribution >= 0.6 is 0 Å². The van der Waals surface area contributed by atoms with Gasteiger partial charge in [0.25, 0.3) is 5.69 Å². The number of hydrogen-bond acceptors (Lipinski definition) is 6. The van der Waals surface area contributed by atoms with E-state index in [1.54, 1.807) is 18.2 Å². The van der Waals surface area contributed by atoms with Gasteiger partial charge in [0.2, 0.25) is 5.91 Å². The largest absolute Gasteiger partial charge is 0.379 e. The van der Waals surface area contributed by atoms with E-state index in [1.165, 1.54) is 6.07 Å². The fourth-order valence-electron chi connectivity index (χ4n) is 2.56. The van der Waals surface area contributed by atoms with Gasteiger partial charge >= 0.3 is 0 Å². The van der Waals surface area contributed by atoms with Crippen LogP contribution in [-0.4, -0.2) is 38.5 Å². The zero-order chi connectivity index (χ0) is 18.4. The topological polar surface area (TPSA) is 114 Å². The third-order valence-corrected chi connectivity index (χ3v) is 3.82. The maximum atomic E-state index is 11.9. The van der Waals surface area contributed by atoms with Gasteiger partial charge in [-0.1, -0.05) is 18.2 Å². The summed E-state index contributed by atoms with van der Waals surface area (Å²) in [5.74, 6) is 0.642. The van der Waals surface area contributed by atoms with Crippen molar-refractivity contribution in [1.82, 2.24) is 19.9 Å². The normalized spacial score (nSPS) is 10.6. The molecule has 0 aliphatic heterocycles. The van der Waals surface area contributed by atoms with Crippen molar-refractivity contribution in [2.75, 3.05) is 18.4 Å². The zero-order valence-electron chi connectivity index (χ0n) is 14.0. The molecule has 2 N–H and O–H groups in total. The summed E-state index contributed by atoms with van der Waals surface area (Å²) in [4.78, 5) is 22.4. The highest BCUT2D eigenvalue weighted by molar-refractivity contribution is 5.76. The number of amides is 1. The summed E-state index contributed by atoms with van der Waals surface area (Å²) in [7, 11) is 0. The molecule has 2 aromatic heterocycles. The molecule has 0 aliphatic rings. The molecule has 3 rings (SSSR count). The molecule has 26 heavy (non-hydrogen) atoms. The van der Waals surface area contributed by atoms with E-state index in [-0.39, 0.29) is 18.0 Å². The number of rotatable bonds is 8. The molecule has 0 atom stereocenters. The Hall–Kier alpha value is -3.49. The molecule has 0 saturated heterocycles. The number of hydrogen-bond donors (Lipinski definition) is 2. The monoisotopic (exact) mass is 354 g/mol. The van der Waals surface area contributed by atoms with Gasteiger partial charge in [-0.25, -0.2) is 0 Å². The lowest BCUT2D eigenvalue weighted by Gasteiger charge is -2.07. The number of para-hydroxylation sites is 2. The van der Waals surface area contributed by atoms with Gasteiger partial charge in [-0.05, 0) is 18.2 Å². The van der Waals surface area contributed by atoms with Crippen LogP contribution in [-0.2, 0) is 11.2 Å². The van der Waals surface area contributed by atoms with E-state index >= 15 is 0 Å². The van der Waals surface area contributed by atoms with Gasteiger partial charge < -0.3 is 10.6 Å². The lowest BCUT2D eigenvalue weighted by atomic mass is 10.2. The lowest BCUT2D eigenvalue weighted by molar-refractivity contribution is -0.384. The highest BCUT2D eigenvalue weighted by atomic mass is 16.6. The van der Waals surface area contributed by atoms with Crippen molar-refractivity contribution in [2.24, 2.45) is 0 Å². The molecule has 0 bridgehead atoms. The van der Waals surface area contributed by atoms with Crippen molar-refractivity contribution in [3.05, 3.63) is 64.6 Å². The number of aromatic nitrogens is 3. The van der Waals surface area contributed by atoms with Crippen molar-refractivity contribution >= 4 is 22.9 Å². The number of nitrogens with zero attached hydrogens (tertiary/aromatic N) is 4. The van der Waals surface area contributed by atoms with Crippen LogP contribution in [0.25, 0.3) is 5.65 Å². The van der Waals surface area contributed by atoms with Crippen LogP contribution in [0.2, 0.25) is 0 Å². The molecule has 0 spiro atoms. The van der Waals surface area contributed by atoms with Crippen LogP contribution in [0.3, 0.4) is 0 Å². The van der Waals surface area contributed by atoms with E-state index in [9.17, 15) is 14.9 Å². The number of carbonyl (C=O) groups excluding carboxylic acids is 1. The van der Waals surface area contributed by atoms with E-state index in [0.29, 0.717) is 25.2 Å². The van der Waals surface area contributed by atoms with Crippen LogP contribution in [0.5, 0.6) is 0 Å². The molecule has 0 radical (unpaired) electrons. The second-order valence-electron chi connectivity index (χ2n) is 5.60. The van der Waals surface area contributed by atoms with Crippen LogP contribution in [0.1, 0.15) is 12.2 Å². The molecule has 2 heterocycles. The summed E-state index contributed by atoms with van der Waals surface area (Å²) in [5, 5.41) is 24.8. The molecule has 3 aromatic rings. The number of anilines is 1. The SMILES string of the molecule is O=C(CCNc1ccccc1[N+](=O)[O-])NCCc1nnc2ccccn12. The number of nitro benzene ring substituents is 1. The number of pyridine rings is 1. The molecule has 0 fully saturated rings. The zero-order valence-corrected chi connectivity index (χ0v) is 14.0. The Bertz CT molecular complexity index is 924. The average Bonchev–Trinajstić information content (AvgIpc) is 3.05. The molecule has 0 saturated carbocycles. The number of carbonyl (C=O) groups is 1. The van der Waals surface area contributed by atoms with Crippen molar-refractivity contribution < 1.29 is 9.72 Å². The maximum Gasteiger partial charge on any atom is 0.292 e. The molecule has 1 amide bonds. The highest BCUT2D eigenvalue weighted by Gasteiger charge is 2.12. The molecule has 9 heteroatoms. The Morgan fingerprint density at radius 2 is 1.92 bits per heavy atom. The standard InChI is InChI=1S/C17H18N6O3/c24-17(9-11-18-13-5-1-2-6-14(13)23(25)26)19-10-8-16-21-20-15-7-3-4-12-22(15)16/h1-7,12,18H,8-11H2,(H,19,24). The number of nitro groups is 1. The van der Waals surface area contributed by atoms with Crippen molar-refractivity contribution in [2.45, 2.75) is 12.8 Å². The van der Waals surface area contributed by atoms with Gasteiger partial charge in [0.15, 0.2) is 5.65 Å². The Morgan fingerprint density at radius 1 is 1.12 bits per heavy atom. The smallest absolute Gasteiger partial charge is 0.292 e. The minimum Gasteiger partial charge on any atom is -0.379 e. The molecular formula is C17H18N6O3. The molecular weight excluding hydrogens is 336 g/mol. The summed E-state index contributed by atoms with van der Waals surface area (Å²) in [6, 6.07) is 12.0. The highest BCUT2D eigenvalue weighted by Crippen LogP contribution is 2.22. The fraction of sp³-hybridized carbons (Fsp3) is 0.235. The van der Waals surface area contributed by atoms with Crippen molar-refractivity contribution in [1.29, 1.82) is 0 Å². The minimum absolute atomic E-state index is 0.00778. The summed E-state index contributed by atoms with van der Waals surface area (Å²) in [5.41, 5.74) is 1.16. The molecule has 0 aliphatic carbocycles. The first kappa shape index (κ1) is 17.3. The molecule has 134 valence electrons. The summed E-state index contributed by atoms with van der Waals surface area (Å²) in [6.07, 6.45) is 2.66. The molecule has 0 unspecified atom stereocenters. The molecule has 1 aromatic carbocycles. The van der Waals surface area contributed by atoms with Gasteiger partial charge in [0.05, 0.1) is 4.92 Å². The number of nitrogens with one attached hydrogen (secondary N) is 2.